The van der Waals surface area contributed by atoms with E-state index >= 15 is 0 Å². The number of anilines is 1. The summed E-state index contributed by atoms with van der Waals surface area (Å²) in [6, 6.07) is 12.2. The zero-order valence-corrected chi connectivity index (χ0v) is 17.9. The molecule has 0 bridgehead atoms. The number of para-hydroxylation sites is 2. The number of ether oxygens (including phenoxy) is 3. The predicted octanol–water partition coefficient (Wildman–Crippen LogP) is 3.96. The molecule has 7 nitrogen and oxygen atoms in total. The van der Waals surface area contributed by atoms with Gasteiger partial charge in [0.25, 0.3) is 5.91 Å². The number of thiocarbonyl (C=S) groups is 1. The lowest BCUT2D eigenvalue weighted by Gasteiger charge is -2.18. The molecule has 1 N–H and O–H groups in total. The van der Waals surface area contributed by atoms with Gasteiger partial charge < -0.3 is 19.3 Å². The molecule has 3 rings (SSSR count). The molecular formula is C21H19NO6S2. The van der Waals surface area contributed by atoms with Gasteiger partial charge in [-0.15, -0.1) is 0 Å². The Bertz CT molecular complexity index is 1020. The van der Waals surface area contributed by atoms with Crippen LogP contribution in [0.3, 0.4) is 0 Å². The van der Waals surface area contributed by atoms with Crippen LogP contribution in [0, 0.1) is 0 Å². The molecule has 0 spiro atoms. The highest BCUT2D eigenvalue weighted by molar-refractivity contribution is 8.27. The number of hydrogen-bond donors (Lipinski definition) is 1. The molecule has 1 aliphatic heterocycles. The summed E-state index contributed by atoms with van der Waals surface area (Å²) in [5.74, 6) is -0.0870. The van der Waals surface area contributed by atoms with E-state index in [-0.39, 0.29) is 5.91 Å². The van der Waals surface area contributed by atoms with Gasteiger partial charge in [0.05, 0.1) is 24.3 Å². The molecule has 1 heterocycles. The van der Waals surface area contributed by atoms with Crippen molar-refractivity contribution in [3.8, 4) is 17.2 Å². The van der Waals surface area contributed by atoms with E-state index in [0.29, 0.717) is 44.3 Å². The molecule has 2 aromatic carbocycles. The van der Waals surface area contributed by atoms with Crippen molar-refractivity contribution in [1.29, 1.82) is 0 Å². The molecule has 156 valence electrons. The van der Waals surface area contributed by atoms with Gasteiger partial charge in [0.1, 0.15) is 5.75 Å². The normalized spacial score (nSPS) is 14.9. The summed E-state index contributed by atoms with van der Waals surface area (Å²) in [6.07, 6.45) is 1.70. The van der Waals surface area contributed by atoms with E-state index in [9.17, 15) is 9.59 Å². The zero-order chi connectivity index (χ0) is 21.7. The average Bonchev–Trinajstić information content (AvgIpc) is 3.00. The highest BCUT2D eigenvalue weighted by atomic mass is 32.2. The number of aliphatic carboxylic acids is 1. The van der Waals surface area contributed by atoms with Gasteiger partial charge in [0.2, 0.25) is 0 Å². The molecule has 1 amide bonds. The van der Waals surface area contributed by atoms with Gasteiger partial charge in [0.15, 0.2) is 22.4 Å². The monoisotopic (exact) mass is 445 g/mol. The Morgan fingerprint density at radius 1 is 1.17 bits per heavy atom. The van der Waals surface area contributed by atoms with Crippen molar-refractivity contribution in [1.82, 2.24) is 0 Å². The van der Waals surface area contributed by atoms with Gasteiger partial charge in [0, 0.05) is 0 Å². The maximum Gasteiger partial charge on any atom is 0.341 e. The van der Waals surface area contributed by atoms with Crippen molar-refractivity contribution >= 4 is 51.9 Å². The fraction of sp³-hybridized carbons (Fsp3) is 0.190. The summed E-state index contributed by atoms with van der Waals surface area (Å²) in [6.45, 7) is 1.86. The van der Waals surface area contributed by atoms with Crippen molar-refractivity contribution in [3.05, 3.63) is 52.9 Å². The molecule has 2 aromatic rings. The minimum atomic E-state index is -1.09. The van der Waals surface area contributed by atoms with Crippen molar-refractivity contribution in [2.75, 3.05) is 25.2 Å². The maximum atomic E-state index is 13.0. The summed E-state index contributed by atoms with van der Waals surface area (Å²) >= 11 is 6.63. The van der Waals surface area contributed by atoms with Crippen LogP contribution in [-0.4, -0.2) is 41.6 Å². The second kappa shape index (κ2) is 9.64. The van der Waals surface area contributed by atoms with Gasteiger partial charge in [-0.05, 0) is 42.8 Å². The van der Waals surface area contributed by atoms with Crippen LogP contribution in [0.15, 0.2) is 47.4 Å². The topological polar surface area (TPSA) is 85.3 Å². The second-order valence-electron chi connectivity index (χ2n) is 6.01. The Morgan fingerprint density at radius 3 is 2.63 bits per heavy atom. The SMILES string of the molecule is CCOc1ccccc1N1C(=O)/C(=C\c2ccc(OCC(=O)O)c(OC)c2)SC1=S. The lowest BCUT2D eigenvalue weighted by Crippen LogP contribution is -2.28. The average molecular weight is 446 g/mol. The Balaban J connectivity index is 1.88. The molecule has 1 aliphatic rings. The first-order chi connectivity index (χ1) is 14.4. The number of carbonyl (C=O) groups excluding carboxylic acids is 1. The van der Waals surface area contributed by atoms with Gasteiger partial charge in [-0.1, -0.05) is 42.2 Å². The first-order valence-electron chi connectivity index (χ1n) is 8.97. The van der Waals surface area contributed by atoms with Crippen LogP contribution in [0.2, 0.25) is 0 Å². The number of rotatable bonds is 8. The molecule has 0 aromatic heterocycles. The predicted molar refractivity (Wildman–Crippen MR) is 119 cm³/mol. The summed E-state index contributed by atoms with van der Waals surface area (Å²) < 4.78 is 16.5. The number of nitrogens with zero attached hydrogens (tertiary/aromatic N) is 1. The number of hydrogen-bond acceptors (Lipinski definition) is 7. The molecule has 9 heteroatoms. The van der Waals surface area contributed by atoms with E-state index in [1.165, 1.54) is 23.8 Å². The van der Waals surface area contributed by atoms with Crippen LogP contribution in [-0.2, 0) is 9.59 Å². The van der Waals surface area contributed by atoms with E-state index in [1.807, 2.05) is 19.1 Å². The minimum absolute atomic E-state index is 0.248. The van der Waals surface area contributed by atoms with Crippen molar-refractivity contribution in [2.45, 2.75) is 6.92 Å². The molecule has 1 fully saturated rings. The third-order valence-electron chi connectivity index (χ3n) is 4.04. The van der Waals surface area contributed by atoms with Crippen molar-refractivity contribution in [3.63, 3.8) is 0 Å². The fourth-order valence-electron chi connectivity index (χ4n) is 2.78. The number of benzene rings is 2. The molecule has 1 saturated heterocycles. The first-order valence-corrected chi connectivity index (χ1v) is 10.2. The van der Waals surface area contributed by atoms with Gasteiger partial charge in [-0.3, -0.25) is 9.69 Å². The van der Waals surface area contributed by atoms with Crippen molar-refractivity contribution < 1.29 is 28.9 Å². The summed E-state index contributed by atoms with van der Waals surface area (Å²) in [5.41, 5.74) is 1.29. The van der Waals surface area contributed by atoms with Gasteiger partial charge in [-0.25, -0.2) is 4.79 Å². The van der Waals surface area contributed by atoms with Crippen molar-refractivity contribution in [2.24, 2.45) is 0 Å². The fourth-order valence-corrected chi connectivity index (χ4v) is 4.06. The highest BCUT2D eigenvalue weighted by Gasteiger charge is 2.34. The van der Waals surface area contributed by atoms with E-state index in [4.69, 9.17) is 31.5 Å². The largest absolute Gasteiger partial charge is 0.493 e. The number of amides is 1. The summed E-state index contributed by atoms with van der Waals surface area (Å²) in [4.78, 5) is 25.7. The lowest BCUT2D eigenvalue weighted by molar-refractivity contribution is -0.139. The minimum Gasteiger partial charge on any atom is -0.493 e. The maximum absolute atomic E-state index is 13.0. The zero-order valence-electron chi connectivity index (χ0n) is 16.3. The molecule has 30 heavy (non-hydrogen) atoms. The molecular weight excluding hydrogens is 426 g/mol. The Morgan fingerprint density at radius 2 is 1.93 bits per heavy atom. The number of thioether (sulfide) groups is 1. The van der Waals surface area contributed by atoms with Crippen LogP contribution >= 0.6 is 24.0 Å². The summed E-state index contributed by atoms with van der Waals surface area (Å²) in [5, 5.41) is 8.77. The van der Waals surface area contributed by atoms with Gasteiger partial charge >= 0.3 is 5.97 Å². The Kier molecular flexibility index (Phi) is 6.96. The molecule has 0 unspecified atom stereocenters. The van der Waals surface area contributed by atoms with E-state index < -0.39 is 12.6 Å². The first kappa shape index (κ1) is 21.7. The van der Waals surface area contributed by atoms with E-state index in [1.54, 1.807) is 36.4 Å². The van der Waals surface area contributed by atoms with Crippen LogP contribution in [0.4, 0.5) is 5.69 Å². The van der Waals surface area contributed by atoms with E-state index in [0.717, 1.165) is 0 Å². The smallest absolute Gasteiger partial charge is 0.341 e. The summed E-state index contributed by atoms with van der Waals surface area (Å²) in [7, 11) is 1.46. The molecule has 0 aliphatic carbocycles. The molecule has 0 saturated carbocycles. The number of carboxylic acid groups (broad SMARTS) is 1. The standard InChI is InChI=1S/C21H19NO6S2/c1-3-27-15-7-5-4-6-14(15)22-20(25)18(30-21(22)29)11-13-8-9-16(17(10-13)26-2)28-12-19(23)24/h4-11H,3,12H2,1-2H3,(H,23,24)/b18-11+. The van der Waals surface area contributed by atoms with Crippen LogP contribution in [0.1, 0.15) is 12.5 Å². The number of carboxylic acids is 1. The van der Waals surface area contributed by atoms with Crippen LogP contribution < -0.4 is 19.1 Å². The highest BCUT2D eigenvalue weighted by Crippen LogP contribution is 2.40. The van der Waals surface area contributed by atoms with E-state index in [2.05, 4.69) is 0 Å². The quantitative estimate of drug-likeness (QED) is 0.483. The third kappa shape index (κ3) is 4.74. The van der Waals surface area contributed by atoms with Crippen LogP contribution in [0.25, 0.3) is 6.08 Å². The molecule has 0 atom stereocenters. The number of methoxy groups -OCH3 is 1. The number of carbonyl (C=O) groups is 2. The Hall–Kier alpha value is -3.04. The molecule has 0 radical (unpaired) electrons. The van der Waals surface area contributed by atoms with Gasteiger partial charge in [-0.2, -0.15) is 0 Å². The second-order valence-corrected chi connectivity index (χ2v) is 7.69. The Labute approximate surface area is 183 Å². The lowest BCUT2D eigenvalue weighted by atomic mass is 10.1. The third-order valence-corrected chi connectivity index (χ3v) is 5.34. The van der Waals surface area contributed by atoms with Crippen LogP contribution in [0.5, 0.6) is 17.2 Å².